The molecular weight excluding hydrogens is 230 g/mol. The average molecular weight is 238 g/mol. The number of hydrogen-bond donors (Lipinski definition) is 1. The average Bonchev–Trinajstić information content (AvgIpc) is 2.30. The van der Waals surface area contributed by atoms with Gasteiger partial charge >= 0.3 is 0 Å². The normalized spacial score (nSPS) is 10.1. The molecule has 82 valence electrons. The molecule has 16 heavy (non-hydrogen) atoms. The molecule has 0 fully saturated rings. The molecule has 0 bridgehead atoms. The first kappa shape index (κ1) is 10.6. The molecule has 2 aromatic rings. The molecule has 0 saturated heterocycles. The quantitative estimate of drug-likeness (QED) is 0.845. The van der Waals surface area contributed by atoms with E-state index in [1.807, 2.05) is 6.92 Å². The van der Waals surface area contributed by atoms with Crippen molar-refractivity contribution in [3.05, 3.63) is 17.9 Å². The Labute approximate surface area is 96.4 Å². The van der Waals surface area contributed by atoms with E-state index in [9.17, 15) is 0 Å². The van der Waals surface area contributed by atoms with Crippen LogP contribution in [0.5, 0.6) is 0 Å². The molecule has 7 nitrogen and oxygen atoms in total. The second kappa shape index (κ2) is 4.75. The minimum absolute atomic E-state index is 0.0985. The summed E-state index contributed by atoms with van der Waals surface area (Å²) in [5.41, 5.74) is 0. The fourth-order valence-electron chi connectivity index (χ4n) is 1.04. The first-order chi connectivity index (χ1) is 7.79. The lowest BCUT2D eigenvalue weighted by molar-refractivity contribution is 0.976. The Kier molecular flexibility index (Phi) is 3.16. The van der Waals surface area contributed by atoms with Gasteiger partial charge in [0.05, 0.1) is 0 Å². The van der Waals surface area contributed by atoms with Crippen LogP contribution in [0, 0.1) is 0 Å². The molecule has 0 aliphatic rings. The van der Waals surface area contributed by atoms with E-state index >= 15 is 0 Å². The van der Waals surface area contributed by atoms with Crippen LogP contribution >= 0.6 is 11.6 Å². The van der Waals surface area contributed by atoms with Crippen molar-refractivity contribution in [3.63, 3.8) is 0 Å². The maximum atomic E-state index is 5.76. The third-order valence-corrected chi connectivity index (χ3v) is 1.81. The van der Waals surface area contributed by atoms with Gasteiger partial charge in [0.1, 0.15) is 12.7 Å². The smallest absolute Gasteiger partial charge is 0.227 e. The Morgan fingerprint density at radius 1 is 1.12 bits per heavy atom. The molecule has 0 amide bonds. The van der Waals surface area contributed by atoms with Gasteiger partial charge in [-0.1, -0.05) is 0 Å². The minimum atomic E-state index is 0.0985. The molecule has 0 atom stereocenters. The van der Waals surface area contributed by atoms with Gasteiger partial charge in [0.15, 0.2) is 0 Å². The minimum Gasteiger partial charge on any atom is -0.354 e. The molecule has 2 rings (SSSR count). The monoisotopic (exact) mass is 237 g/mol. The van der Waals surface area contributed by atoms with Gasteiger partial charge in [0, 0.05) is 6.54 Å². The van der Waals surface area contributed by atoms with Gasteiger partial charge in [-0.05, 0) is 18.5 Å². The number of hydrogen-bond acceptors (Lipinski definition) is 7. The van der Waals surface area contributed by atoms with Crippen molar-refractivity contribution in [1.29, 1.82) is 0 Å². The Hall–Kier alpha value is -1.89. The molecule has 1 N–H and O–H groups in total. The maximum Gasteiger partial charge on any atom is 0.227 e. The van der Waals surface area contributed by atoms with E-state index in [-0.39, 0.29) is 5.28 Å². The number of halogens is 1. The van der Waals surface area contributed by atoms with E-state index in [0.717, 1.165) is 0 Å². The van der Waals surface area contributed by atoms with Crippen LogP contribution in [-0.2, 0) is 0 Å². The fraction of sp³-hybridized carbons (Fsp3) is 0.250. The summed E-state index contributed by atoms with van der Waals surface area (Å²) in [5.74, 6) is 1.08. The molecule has 0 aliphatic heterocycles. The van der Waals surface area contributed by atoms with E-state index in [1.165, 1.54) is 12.7 Å². The predicted octanol–water partition coefficient (Wildman–Crippen LogP) is 0.809. The summed E-state index contributed by atoms with van der Waals surface area (Å²) in [7, 11) is 0. The second-order valence-corrected chi connectivity index (χ2v) is 3.08. The summed E-state index contributed by atoms with van der Waals surface area (Å²) in [5, 5.41) is 3.04. The lowest BCUT2D eigenvalue weighted by atomic mass is 10.5. The van der Waals surface area contributed by atoms with Crippen LogP contribution in [0.3, 0.4) is 0 Å². The molecular formula is C8H8ClN7. The molecule has 0 unspecified atom stereocenters. The van der Waals surface area contributed by atoms with Crippen LogP contribution in [0.25, 0.3) is 11.6 Å². The highest BCUT2D eigenvalue weighted by Gasteiger charge is 2.08. The van der Waals surface area contributed by atoms with Crippen LogP contribution in [0.2, 0.25) is 5.28 Å². The van der Waals surface area contributed by atoms with Gasteiger partial charge in [-0.2, -0.15) is 15.0 Å². The van der Waals surface area contributed by atoms with Crippen LogP contribution in [-0.4, -0.2) is 36.4 Å². The van der Waals surface area contributed by atoms with E-state index in [1.54, 1.807) is 0 Å². The molecule has 8 heteroatoms. The molecule has 2 heterocycles. The van der Waals surface area contributed by atoms with Crippen LogP contribution < -0.4 is 5.32 Å². The molecule has 0 spiro atoms. The van der Waals surface area contributed by atoms with Crippen molar-refractivity contribution >= 4 is 17.5 Å². The summed E-state index contributed by atoms with van der Waals surface area (Å²) >= 11 is 5.76. The van der Waals surface area contributed by atoms with Gasteiger partial charge in [0.25, 0.3) is 0 Å². The third-order valence-electron chi connectivity index (χ3n) is 1.64. The lowest BCUT2D eigenvalue weighted by Gasteiger charge is -2.03. The van der Waals surface area contributed by atoms with Crippen molar-refractivity contribution in [2.75, 3.05) is 11.9 Å². The third kappa shape index (κ3) is 2.37. The molecule has 0 saturated carbocycles. The number of aromatic nitrogens is 6. The first-order valence-electron chi connectivity index (χ1n) is 4.57. The fourth-order valence-corrected chi connectivity index (χ4v) is 1.20. The van der Waals surface area contributed by atoms with Crippen molar-refractivity contribution in [2.45, 2.75) is 6.92 Å². The summed E-state index contributed by atoms with van der Waals surface area (Å²) in [4.78, 5) is 23.5. The summed E-state index contributed by atoms with van der Waals surface area (Å²) in [6.45, 7) is 2.62. The van der Waals surface area contributed by atoms with E-state index in [2.05, 4.69) is 35.2 Å². The van der Waals surface area contributed by atoms with Gasteiger partial charge in [-0.3, -0.25) is 0 Å². The van der Waals surface area contributed by atoms with Crippen molar-refractivity contribution in [1.82, 2.24) is 29.9 Å². The number of nitrogens with zero attached hydrogens (tertiary/aromatic N) is 6. The summed E-state index contributed by atoms with van der Waals surface area (Å²) in [6, 6.07) is 0. The zero-order valence-corrected chi connectivity index (χ0v) is 9.18. The number of nitrogens with one attached hydrogen (secondary N) is 1. The first-order valence-corrected chi connectivity index (χ1v) is 4.95. The Morgan fingerprint density at radius 3 is 2.56 bits per heavy atom. The van der Waals surface area contributed by atoms with Crippen molar-refractivity contribution in [2.24, 2.45) is 0 Å². The summed E-state index contributed by atoms with van der Waals surface area (Å²) in [6.07, 6.45) is 2.74. The zero-order valence-electron chi connectivity index (χ0n) is 8.42. The van der Waals surface area contributed by atoms with Crippen LogP contribution in [0.4, 0.5) is 5.95 Å². The van der Waals surface area contributed by atoms with Gasteiger partial charge < -0.3 is 5.32 Å². The van der Waals surface area contributed by atoms with Crippen molar-refractivity contribution < 1.29 is 0 Å². The van der Waals surface area contributed by atoms with E-state index in [0.29, 0.717) is 24.1 Å². The largest absolute Gasteiger partial charge is 0.354 e. The Morgan fingerprint density at radius 2 is 1.88 bits per heavy atom. The van der Waals surface area contributed by atoms with Gasteiger partial charge in [0.2, 0.25) is 22.9 Å². The highest BCUT2D eigenvalue weighted by atomic mass is 35.5. The van der Waals surface area contributed by atoms with E-state index < -0.39 is 0 Å². The topological polar surface area (TPSA) is 89.4 Å². The second-order valence-electron chi connectivity index (χ2n) is 2.74. The molecule has 2 aromatic heterocycles. The van der Waals surface area contributed by atoms with Crippen LogP contribution in [0.1, 0.15) is 6.92 Å². The van der Waals surface area contributed by atoms with Crippen LogP contribution in [0.15, 0.2) is 12.7 Å². The number of anilines is 1. The highest BCUT2D eigenvalue weighted by molar-refractivity contribution is 6.28. The highest BCUT2D eigenvalue weighted by Crippen LogP contribution is 2.12. The lowest BCUT2D eigenvalue weighted by Crippen LogP contribution is -2.05. The van der Waals surface area contributed by atoms with Crippen molar-refractivity contribution in [3.8, 4) is 11.6 Å². The standard InChI is InChI=1S/C8H8ClN7/c1-2-11-8-15-6(14-7(9)16-8)5-12-3-10-4-13-5/h3-4H,2H2,1H3,(H,11,14,15,16). The predicted molar refractivity (Wildman–Crippen MR) is 57.8 cm³/mol. The van der Waals surface area contributed by atoms with Gasteiger partial charge in [-0.25, -0.2) is 15.0 Å². The number of rotatable bonds is 3. The van der Waals surface area contributed by atoms with Gasteiger partial charge in [-0.15, -0.1) is 0 Å². The zero-order chi connectivity index (χ0) is 11.4. The molecule has 0 aliphatic carbocycles. The Balaban J connectivity index is 2.41. The molecule has 0 aromatic carbocycles. The Bertz CT molecular complexity index is 475. The SMILES string of the molecule is CCNc1nc(Cl)nc(-c2ncncn2)n1. The molecule has 0 radical (unpaired) electrons. The summed E-state index contributed by atoms with van der Waals surface area (Å²) < 4.78 is 0. The maximum absolute atomic E-state index is 5.76. The van der Waals surface area contributed by atoms with E-state index in [4.69, 9.17) is 11.6 Å².